The Morgan fingerprint density at radius 2 is 2.06 bits per heavy atom. The minimum atomic E-state index is -4.57. The van der Waals surface area contributed by atoms with Crippen molar-refractivity contribution in [3.8, 4) is 0 Å². The largest absolute Gasteiger partial charge is 0.415 e. The second-order valence-corrected chi connectivity index (χ2v) is 5.61. The molecule has 7 heteroatoms. The van der Waals surface area contributed by atoms with Gasteiger partial charge in [-0.25, -0.2) is 4.98 Å². The van der Waals surface area contributed by atoms with E-state index in [1.54, 1.807) is 6.07 Å². The van der Waals surface area contributed by atoms with Crippen LogP contribution in [0.3, 0.4) is 0 Å². The molecule has 0 spiro atoms. The maximum atomic E-state index is 12.1. The standard InChI is InChI=1S/C10H8F3NOS2/c11-10(12,13)8(15)5-16-9-14-6-3-1-2-4-7(6)17-9/h1-4,8,15H,5H2/t8-/m1/s1. The number of thiazole rings is 1. The van der Waals surface area contributed by atoms with Gasteiger partial charge < -0.3 is 5.11 Å². The van der Waals surface area contributed by atoms with E-state index in [0.717, 1.165) is 22.0 Å². The Kier molecular flexibility index (Phi) is 3.60. The predicted octanol–water partition coefficient (Wildman–Crippen LogP) is 3.31. The molecule has 1 N–H and O–H groups in total. The van der Waals surface area contributed by atoms with Crippen LogP contribution in [0.5, 0.6) is 0 Å². The van der Waals surface area contributed by atoms with Crippen LogP contribution >= 0.6 is 23.1 Å². The van der Waals surface area contributed by atoms with Crippen molar-refractivity contribution in [1.29, 1.82) is 0 Å². The molecule has 2 aromatic rings. The first kappa shape index (κ1) is 12.7. The van der Waals surface area contributed by atoms with Gasteiger partial charge in [-0.2, -0.15) is 13.2 Å². The van der Waals surface area contributed by atoms with Gasteiger partial charge in [0.05, 0.1) is 10.2 Å². The fourth-order valence-electron chi connectivity index (χ4n) is 1.16. The highest BCUT2D eigenvalue weighted by Gasteiger charge is 2.38. The number of hydrogen-bond donors (Lipinski definition) is 1. The number of alkyl halides is 3. The minimum absolute atomic E-state index is 0.427. The summed E-state index contributed by atoms with van der Waals surface area (Å²) in [6.07, 6.45) is -6.87. The Morgan fingerprint density at radius 3 is 2.71 bits per heavy atom. The summed E-state index contributed by atoms with van der Waals surface area (Å²) in [6, 6.07) is 7.33. The molecule has 92 valence electrons. The van der Waals surface area contributed by atoms with E-state index in [1.165, 1.54) is 11.3 Å². The zero-order valence-corrected chi connectivity index (χ0v) is 10.1. The summed E-state index contributed by atoms with van der Waals surface area (Å²) in [5.74, 6) is -0.427. The van der Waals surface area contributed by atoms with E-state index in [2.05, 4.69) is 4.98 Å². The predicted molar refractivity (Wildman–Crippen MR) is 62.4 cm³/mol. The fraction of sp³-hybridized carbons (Fsp3) is 0.300. The molecule has 1 aromatic carbocycles. The highest BCUT2D eigenvalue weighted by molar-refractivity contribution is 8.01. The molecule has 0 unspecified atom stereocenters. The summed E-state index contributed by atoms with van der Waals surface area (Å²) >= 11 is 2.24. The summed E-state index contributed by atoms with van der Waals surface area (Å²) in [5, 5.41) is 8.85. The van der Waals surface area contributed by atoms with Gasteiger partial charge in [0, 0.05) is 5.75 Å². The van der Waals surface area contributed by atoms with Gasteiger partial charge in [-0.1, -0.05) is 23.9 Å². The quantitative estimate of drug-likeness (QED) is 0.875. The Hall–Kier alpha value is -0.790. The highest BCUT2D eigenvalue weighted by atomic mass is 32.2. The number of fused-ring (bicyclic) bond motifs is 1. The molecule has 2 nitrogen and oxygen atoms in total. The summed E-state index contributed by atoms with van der Waals surface area (Å²) < 4.78 is 37.7. The van der Waals surface area contributed by atoms with Gasteiger partial charge in [0.25, 0.3) is 0 Å². The van der Waals surface area contributed by atoms with Gasteiger partial charge >= 0.3 is 6.18 Å². The summed E-state index contributed by atoms with van der Waals surface area (Å²) in [7, 11) is 0. The summed E-state index contributed by atoms with van der Waals surface area (Å²) in [4.78, 5) is 4.17. The van der Waals surface area contributed by atoms with Crippen molar-refractivity contribution in [1.82, 2.24) is 4.98 Å². The SMILES string of the molecule is O[C@H](CSc1nc2ccccc2s1)C(F)(F)F. The molecule has 0 saturated heterocycles. The van der Waals surface area contributed by atoms with Crippen molar-refractivity contribution in [2.45, 2.75) is 16.6 Å². The lowest BCUT2D eigenvalue weighted by molar-refractivity contribution is -0.195. The van der Waals surface area contributed by atoms with E-state index < -0.39 is 18.0 Å². The second-order valence-electron chi connectivity index (χ2n) is 3.32. The summed E-state index contributed by atoms with van der Waals surface area (Å²) in [6.45, 7) is 0. The van der Waals surface area contributed by atoms with Crippen molar-refractivity contribution in [3.05, 3.63) is 24.3 Å². The molecule has 0 amide bonds. The lowest BCUT2D eigenvalue weighted by Gasteiger charge is -2.12. The Balaban J connectivity index is 2.04. The zero-order chi connectivity index (χ0) is 12.5. The van der Waals surface area contributed by atoms with Gasteiger partial charge in [-0.3, -0.25) is 0 Å². The van der Waals surface area contributed by atoms with Crippen molar-refractivity contribution in [3.63, 3.8) is 0 Å². The molecule has 0 radical (unpaired) electrons. The molecule has 0 aliphatic heterocycles. The van der Waals surface area contributed by atoms with Crippen LogP contribution in [0.1, 0.15) is 0 Å². The number of thioether (sulfide) groups is 1. The monoisotopic (exact) mass is 279 g/mol. The van der Waals surface area contributed by atoms with E-state index in [-0.39, 0.29) is 0 Å². The van der Waals surface area contributed by atoms with Crippen LogP contribution in [0.25, 0.3) is 10.2 Å². The van der Waals surface area contributed by atoms with Gasteiger partial charge in [0.1, 0.15) is 0 Å². The molecule has 0 aliphatic carbocycles. The maximum Gasteiger partial charge on any atom is 0.415 e. The molecule has 0 fully saturated rings. The van der Waals surface area contributed by atoms with E-state index in [0.29, 0.717) is 4.34 Å². The van der Waals surface area contributed by atoms with Crippen LogP contribution in [-0.4, -0.2) is 28.1 Å². The number of aliphatic hydroxyl groups excluding tert-OH is 1. The van der Waals surface area contributed by atoms with Crippen LogP contribution in [0.2, 0.25) is 0 Å². The first-order valence-electron chi connectivity index (χ1n) is 4.70. The normalized spacial score (nSPS) is 14.1. The van der Waals surface area contributed by atoms with E-state index >= 15 is 0 Å². The number of benzene rings is 1. The maximum absolute atomic E-state index is 12.1. The van der Waals surface area contributed by atoms with Crippen molar-refractivity contribution in [2.24, 2.45) is 0 Å². The van der Waals surface area contributed by atoms with Gasteiger partial charge in [0.2, 0.25) is 0 Å². The average Bonchev–Trinajstić information content (AvgIpc) is 2.66. The molecule has 1 aromatic heterocycles. The molecule has 17 heavy (non-hydrogen) atoms. The van der Waals surface area contributed by atoms with E-state index in [1.807, 2.05) is 18.2 Å². The van der Waals surface area contributed by atoms with Crippen LogP contribution in [0.15, 0.2) is 28.6 Å². The number of nitrogens with zero attached hydrogens (tertiary/aromatic N) is 1. The van der Waals surface area contributed by atoms with Crippen molar-refractivity contribution >= 4 is 33.3 Å². The zero-order valence-electron chi connectivity index (χ0n) is 8.44. The molecule has 0 aliphatic rings. The highest BCUT2D eigenvalue weighted by Crippen LogP contribution is 2.32. The molecular formula is C10H8F3NOS2. The minimum Gasteiger partial charge on any atom is -0.383 e. The molecular weight excluding hydrogens is 271 g/mol. The second kappa shape index (κ2) is 4.83. The molecule has 0 bridgehead atoms. The van der Waals surface area contributed by atoms with Crippen LogP contribution < -0.4 is 0 Å². The van der Waals surface area contributed by atoms with E-state index in [9.17, 15) is 13.2 Å². The number of aromatic nitrogens is 1. The smallest absolute Gasteiger partial charge is 0.383 e. The third-order valence-electron chi connectivity index (χ3n) is 2.02. The molecule has 2 rings (SSSR count). The summed E-state index contributed by atoms with van der Waals surface area (Å²) in [5.41, 5.74) is 0.765. The van der Waals surface area contributed by atoms with Crippen molar-refractivity contribution in [2.75, 3.05) is 5.75 Å². The lowest BCUT2D eigenvalue weighted by Crippen LogP contribution is -2.30. The first-order chi connectivity index (χ1) is 7.97. The number of halogens is 3. The third kappa shape index (κ3) is 3.11. The Bertz CT molecular complexity index is 478. The molecule has 0 saturated carbocycles. The lowest BCUT2D eigenvalue weighted by atomic mass is 10.3. The van der Waals surface area contributed by atoms with Crippen LogP contribution in [-0.2, 0) is 0 Å². The number of rotatable bonds is 3. The molecule has 1 heterocycles. The number of aliphatic hydroxyl groups is 1. The van der Waals surface area contributed by atoms with Gasteiger partial charge in [-0.05, 0) is 12.1 Å². The van der Waals surface area contributed by atoms with Crippen LogP contribution in [0.4, 0.5) is 13.2 Å². The number of para-hydroxylation sites is 1. The Labute approximate surface area is 103 Å². The van der Waals surface area contributed by atoms with Crippen molar-refractivity contribution < 1.29 is 18.3 Å². The number of hydrogen-bond acceptors (Lipinski definition) is 4. The third-order valence-corrected chi connectivity index (χ3v) is 4.27. The van der Waals surface area contributed by atoms with Crippen LogP contribution in [0, 0.1) is 0 Å². The average molecular weight is 279 g/mol. The van der Waals surface area contributed by atoms with Gasteiger partial charge in [-0.15, -0.1) is 11.3 Å². The topological polar surface area (TPSA) is 33.1 Å². The van der Waals surface area contributed by atoms with Gasteiger partial charge in [0.15, 0.2) is 10.4 Å². The first-order valence-corrected chi connectivity index (χ1v) is 6.50. The Morgan fingerprint density at radius 1 is 1.35 bits per heavy atom. The fourth-order valence-corrected chi connectivity index (χ4v) is 3.22. The van der Waals surface area contributed by atoms with E-state index in [4.69, 9.17) is 5.11 Å². The molecule has 1 atom stereocenters.